The molecule has 5 heterocycles. The van der Waals surface area contributed by atoms with Crippen molar-refractivity contribution in [2.45, 2.75) is 51.4 Å². The lowest BCUT2D eigenvalue weighted by Crippen LogP contribution is -2.52. The van der Waals surface area contributed by atoms with Crippen LogP contribution in [0.1, 0.15) is 66.3 Å². The minimum absolute atomic E-state index is 0. The number of phenols is 1. The molecule has 0 aliphatic carbocycles. The number of phenolic OH excluding ortho intramolecular Hbond substituents is 1. The molecule has 4 aromatic carbocycles. The molecule has 0 radical (unpaired) electrons. The summed E-state index contributed by atoms with van der Waals surface area (Å²) in [7, 11) is 1.58. The van der Waals surface area contributed by atoms with E-state index < -0.39 is 0 Å². The van der Waals surface area contributed by atoms with Gasteiger partial charge in [0.1, 0.15) is 5.75 Å². The summed E-state index contributed by atoms with van der Waals surface area (Å²) in [5, 5.41) is 13.0. The number of carbonyl (C=O) groups excluding carboxylic acids is 3. The molecule has 1 aromatic heterocycles. The number of aromatic hydroxyl groups is 1. The molecular weight excluding hydrogens is 810 g/mol. The summed E-state index contributed by atoms with van der Waals surface area (Å²) in [5.41, 5.74) is 7.75. The molecule has 9 rings (SSSR count). The number of nitrogens with one attached hydrogen (secondary N) is 1. The highest BCUT2D eigenvalue weighted by molar-refractivity contribution is 6.09. The van der Waals surface area contributed by atoms with Gasteiger partial charge >= 0.3 is 0 Å². The largest absolute Gasteiger partial charge is 0.508 e. The molecule has 1 atom stereocenters. The molecule has 0 unspecified atom stereocenters. The second-order valence-electron chi connectivity index (χ2n) is 16.1. The lowest BCUT2D eigenvalue weighted by molar-refractivity contribution is 0.0193. The summed E-state index contributed by atoms with van der Waals surface area (Å²) in [6, 6.07) is 27.8. The first-order valence-electron chi connectivity index (χ1n) is 21.2. The van der Waals surface area contributed by atoms with Gasteiger partial charge in [-0.05, 0) is 97.0 Å². The van der Waals surface area contributed by atoms with Gasteiger partial charge in [-0.3, -0.25) is 19.3 Å². The Morgan fingerprint density at radius 2 is 1.61 bits per heavy atom. The molecule has 0 saturated carbocycles. The number of fused-ring (bicyclic) bond motifs is 3. The van der Waals surface area contributed by atoms with Gasteiger partial charge in [0.05, 0.1) is 37.5 Å². The Balaban J connectivity index is 0.00000529. The third-order valence-corrected chi connectivity index (χ3v) is 12.2. The third kappa shape index (κ3) is 8.89. The van der Waals surface area contributed by atoms with E-state index in [4.69, 9.17) is 18.9 Å². The summed E-state index contributed by atoms with van der Waals surface area (Å²) in [6.45, 7) is 5.97. The number of aromatic nitrogens is 1. The topological polar surface area (TPSA) is 135 Å². The molecular formula is C48H52ClN5O8. The Morgan fingerprint density at radius 3 is 2.37 bits per heavy atom. The predicted molar refractivity (Wildman–Crippen MR) is 237 cm³/mol. The maximum Gasteiger partial charge on any atom is 0.260 e. The van der Waals surface area contributed by atoms with Crippen molar-refractivity contribution in [3.63, 3.8) is 0 Å². The Hall–Kier alpha value is -5.86. The van der Waals surface area contributed by atoms with Gasteiger partial charge in [0.2, 0.25) is 6.79 Å². The van der Waals surface area contributed by atoms with Crippen molar-refractivity contribution in [1.82, 2.24) is 19.7 Å². The standard InChI is InChI=1S/C48H51N5O8.ClH/c1-58-21-17-49-46(55)33-11-9-32(10-12-33)28-52(36-13-15-38(54)16-14-36)48(57)41-25-43(51-18-5-4-8-42(41)51)39-26-44-45(61-31-60-44)27-40(39)47(56)53-29-35-7-3-2-6-34(35)24-37(53)30-50-19-22-59-23-20-50;/h2-3,6-7,9-16,25-27,37,54H,4-5,8,17-24,28-31H2,1H3,(H,49,55);1H/t37-;/m0./s1. The molecule has 2 N–H and O–H groups in total. The van der Waals surface area contributed by atoms with Crippen LogP contribution in [0.3, 0.4) is 0 Å². The second-order valence-corrected chi connectivity index (χ2v) is 16.1. The average molecular weight is 862 g/mol. The molecule has 13 nitrogen and oxygen atoms in total. The van der Waals surface area contributed by atoms with E-state index in [1.807, 2.05) is 41.3 Å². The third-order valence-electron chi connectivity index (χ3n) is 12.2. The van der Waals surface area contributed by atoms with Crippen molar-refractivity contribution >= 4 is 35.8 Å². The number of ether oxygens (including phenoxy) is 4. The van der Waals surface area contributed by atoms with Crippen LogP contribution in [0, 0.1) is 0 Å². The van der Waals surface area contributed by atoms with Gasteiger partial charge in [0.15, 0.2) is 11.5 Å². The number of anilines is 1. The fraction of sp³-hybridized carbons (Fsp3) is 0.354. The molecule has 1 saturated heterocycles. The van der Waals surface area contributed by atoms with Gasteiger partial charge in [-0.2, -0.15) is 0 Å². The van der Waals surface area contributed by atoms with Crippen molar-refractivity contribution < 1.29 is 38.4 Å². The van der Waals surface area contributed by atoms with Gasteiger partial charge in [0.25, 0.3) is 17.7 Å². The first-order chi connectivity index (χ1) is 29.8. The van der Waals surface area contributed by atoms with E-state index >= 15 is 9.59 Å². The molecule has 324 valence electrons. The highest BCUT2D eigenvalue weighted by atomic mass is 35.5. The Labute approximate surface area is 367 Å². The SMILES string of the molecule is COCCNC(=O)c1ccc(CN(C(=O)c2cc(-c3cc4c(cc3C(=O)N3Cc5ccccc5C[C@H]3CN3CCOCC3)OCO4)n3c2CCCC3)c2ccc(O)cc2)cc1.Cl. The van der Waals surface area contributed by atoms with E-state index in [9.17, 15) is 9.90 Å². The highest BCUT2D eigenvalue weighted by Crippen LogP contribution is 2.42. The normalized spacial score (nSPS) is 16.8. The number of nitrogens with zero attached hydrogens (tertiary/aromatic N) is 4. The number of hydrogen-bond donors (Lipinski definition) is 2. The minimum atomic E-state index is -0.212. The number of benzene rings is 4. The number of morpholine rings is 1. The number of amides is 3. The van der Waals surface area contributed by atoms with E-state index in [1.54, 1.807) is 48.4 Å². The van der Waals surface area contributed by atoms with Crippen LogP contribution in [0.15, 0.2) is 91.0 Å². The molecule has 5 aromatic rings. The smallest absolute Gasteiger partial charge is 0.260 e. The maximum atomic E-state index is 15.3. The average Bonchev–Trinajstić information content (AvgIpc) is 3.93. The van der Waals surface area contributed by atoms with E-state index in [0.717, 1.165) is 61.4 Å². The molecule has 14 heteroatoms. The number of halogens is 1. The van der Waals surface area contributed by atoms with Gasteiger partial charge in [-0.25, -0.2) is 0 Å². The van der Waals surface area contributed by atoms with Gasteiger partial charge in [-0.1, -0.05) is 36.4 Å². The number of methoxy groups -OCH3 is 1. The summed E-state index contributed by atoms with van der Waals surface area (Å²) < 4.78 is 24.7. The molecule has 0 bridgehead atoms. The highest BCUT2D eigenvalue weighted by Gasteiger charge is 2.36. The van der Waals surface area contributed by atoms with E-state index in [-0.39, 0.29) is 55.3 Å². The quantitative estimate of drug-likeness (QED) is 0.136. The summed E-state index contributed by atoms with van der Waals surface area (Å²) >= 11 is 0. The van der Waals surface area contributed by atoms with Crippen LogP contribution in [0.2, 0.25) is 0 Å². The fourth-order valence-corrected chi connectivity index (χ4v) is 9.01. The maximum absolute atomic E-state index is 15.3. The number of hydrogen-bond acceptors (Lipinski definition) is 9. The second kappa shape index (κ2) is 19.0. The first kappa shape index (κ1) is 42.8. The van der Waals surface area contributed by atoms with E-state index in [2.05, 4.69) is 33.0 Å². The van der Waals surface area contributed by atoms with Crippen molar-refractivity contribution in [2.75, 3.05) is 64.8 Å². The summed E-state index contributed by atoms with van der Waals surface area (Å²) in [5.74, 6) is 0.654. The van der Waals surface area contributed by atoms with Gasteiger partial charge in [-0.15, -0.1) is 12.4 Å². The van der Waals surface area contributed by atoms with Crippen LogP contribution in [0.5, 0.6) is 17.2 Å². The van der Waals surface area contributed by atoms with Crippen LogP contribution < -0.4 is 19.7 Å². The number of carbonyl (C=O) groups is 3. The van der Waals surface area contributed by atoms with Gasteiger partial charge < -0.3 is 43.7 Å². The van der Waals surface area contributed by atoms with Crippen molar-refractivity contribution in [3.8, 4) is 28.5 Å². The van der Waals surface area contributed by atoms with Crippen molar-refractivity contribution in [1.29, 1.82) is 0 Å². The first-order valence-corrected chi connectivity index (χ1v) is 21.2. The summed E-state index contributed by atoms with van der Waals surface area (Å²) in [4.78, 5) is 49.2. The van der Waals surface area contributed by atoms with Crippen LogP contribution >= 0.6 is 12.4 Å². The van der Waals surface area contributed by atoms with Crippen LogP contribution in [-0.2, 0) is 41.9 Å². The lowest BCUT2D eigenvalue weighted by Gasteiger charge is -2.40. The summed E-state index contributed by atoms with van der Waals surface area (Å²) in [6.07, 6.45) is 3.28. The monoisotopic (exact) mass is 861 g/mol. The van der Waals surface area contributed by atoms with E-state index in [0.29, 0.717) is 85.3 Å². The molecule has 62 heavy (non-hydrogen) atoms. The molecule has 1 fully saturated rings. The Kier molecular flexibility index (Phi) is 13.1. The molecule has 4 aliphatic rings. The van der Waals surface area contributed by atoms with Crippen LogP contribution in [0.25, 0.3) is 11.3 Å². The zero-order valence-corrected chi connectivity index (χ0v) is 35.7. The Bertz CT molecular complexity index is 2410. The van der Waals surface area contributed by atoms with E-state index in [1.165, 1.54) is 5.56 Å². The van der Waals surface area contributed by atoms with Crippen LogP contribution in [0.4, 0.5) is 5.69 Å². The van der Waals surface area contributed by atoms with Crippen molar-refractivity contribution in [3.05, 3.63) is 130 Å². The molecule has 3 amide bonds. The zero-order chi connectivity index (χ0) is 41.9. The Morgan fingerprint density at radius 1 is 0.871 bits per heavy atom. The molecule has 4 aliphatic heterocycles. The van der Waals surface area contributed by atoms with Gasteiger partial charge in [0, 0.05) is 80.6 Å². The zero-order valence-electron chi connectivity index (χ0n) is 34.8. The van der Waals surface area contributed by atoms with Crippen LogP contribution in [-0.4, -0.2) is 103 Å². The lowest BCUT2D eigenvalue weighted by atomic mass is 9.92. The van der Waals surface area contributed by atoms with Crippen molar-refractivity contribution in [2.24, 2.45) is 0 Å². The predicted octanol–water partition coefficient (Wildman–Crippen LogP) is 6.47. The molecule has 0 spiro atoms. The fourth-order valence-electron chi connectivity index (χ4n) is 9.01. The number of rotatable bonds is 12. The minimum Gasteiger partial charge on any atom is -0.508 e.